The van der Waals surface area contributed by atoms with Crippen molar-refractivity contribution < 1.29 is 9.90 Å². The van der Waals surface area contributed by atoms with E-state index in [9.17, 15) is 4.79 Å². The predicted octanol–water partition coefficient (Wildman–Crippen LogP) is 4.20. The standard InChI is InChI=1S/C21H23N5O2/c1-2-16(13-20(27)28)18-10-12-23-21(26-18)25-17-8-6-15(7-9-17)14-24-19-5-3-4-11-22-19/h3-12,16H,2,13-14H2,1H3,(H,22,24)(H,27,28)(H,23,25,26). The van der Waals surface area contributed by atoms with E-state index in [0.717, 1.165) is 22.8 Å². The number of carbonyl (C=O) groups is 1. The number of benzene rings is 1. The first-order valence-corrected chi connectivity index (χ1v) is 9.19. The van der Waals surface area contributed by atoms with Gasteiger partial charge in [0.1, 0.15) is 5.82 Å². The van der Waals surface area contributed by atoms with Crippen LogP contribution in [-0.4, -0.2) is 26.0 Å². The average Bonchev–Trinajstić information content (AvgIpc) is 2.72. The Balaban J connectivity index is 1.62. The van der Waals surface area contributed by atoms with Crippen LogP contribution in [0.2, 0.25) is 0 Å². The molecule has 1 atom stereocenters. The second kappa shape index (κ2) is 9.45. The van der Waals surface area contributed by atoms with Crippen LogP contribution in [0.15, 0.2) is 60.9 Å². The number of nitrogens with one attached hydrogen (secondary N) is 2. The minimum absolute atomic E-state index is 0.0604. The van der Waals surface area contributed by atoms with Crippen molar-refractivity contribution in [1.82, 2.24) is 15.0 Å². The smallest absolute Gasteiger partial charge is 0.304 e. The molecular formula is C21H23N5O2. The molecule has 1 aromatic carbocycles. The average molecular weight is 377 g/mol. The lowest BCUT2D eigenvalue weighted by atomic mass is 9.98. The van der Waals surface area contributed by atoms with Crippen molar-refractivity contribution >= 4 is 23.4 Å². The van der Waals surface area contributed by atoms with Gasteiger partial charge in [0, 0.05) is 36.2 Å². The van der Waals surface area contributed by atoms with E-state index < -0.39 is 5.97 Å². The molecule has 3 N–H and O–H groups in total. The molecule has 144 valence electrons. The molecule has 0 saturated heterocycles. The molecular weight excluding hydrogens is 354 g/mol. The van der Waals surface area contributed by atoms with Gasteiger partial charge in [-0.25, -0.2) is 15.0 Å². The topological polar surface area (TPSA) is 100 Å². The molecule has 0 spiro atoms. The fraction of sp³-hybridized carbons (Fsp3) is 0.238. The van der Waals surface area contributed by atoms with E-state index in [4.69, 9.17) is 5.11 Å². The molecule has 0 aliphatic carbocycles. The number of carboxylic acids is 1. The zero-order chi connectivity index (χ0) is 19.8. The molecule has 0 aliphatic rings. The molecule has 7 heteroatoms. The van der Waals surface area contributed by atoms with Gasteiger partial charge in [0.2, 0.25) is 5.95 Å². The minimum atomic E-state index is -0.824. The third kappa shape index (κ3) is 5.51. The Kier molecular flexibility index (Phi) is 6.51. The van der Waals surface area contributed by atoms with Crippen molar-refractivity contribution in [2.24, 2.45) is 0 Å². The van der Waals surface area contributed by atoms with E-state index in [-0.39, 0.29) is 12.3 Å². The fourth-order valence-electron chi connectivity index (χ4n) is 2.82. The van der Waals surface area contributed by atoms with Crippen LogP contribution in [0.3, 0.4) is 0 Å². The van der Waals surface area contributed by atoms with E-state index >= 15 is 0 Å². The number of aliphatic carboxylic acids is 1. The third-order valence-corrected chi connectivity index (χ3v) is 4.36. The lowest BCUT2D eigenvalue weighted by Crippen LogP contribution is -2.09. The quantitative estimate of drug-likeness (QED) is 0.514. The number of nitrogens with zero attached hydrogens (tertiary/aromatic N) is 3. The van der Waals surface area contributed by atoms with Crippen molar-refractivity contribution in [2.75, 3.05) is 10.6 Å². The highest BCUT2D eigenvalue weighted by Gasteiger charge is 2.15. The molecule has 1 unspecified atom stereocenters. The van der Waals surface area contributed by atoms with Gasteiger partial charge in [-0.3, -0.25) is 4.79 Å². The van der Waals surface area contributed by atoms with Crippen LogP contribution in [-0.2, 0) is 11.3 Å². The number of hydrogen-bond acceptors (Lipinski definition) is 6. The summed E-state index contributed by atoms with van der Waals surface area (Å²) in [4.78, 5) is 24.0. The van der Waals surface area contributed by atoms with E-state index in [1.54, 1.807) is 18.5 Å². The molecule has 0 saturated carbocycles. The SMILES string of the molecule is CCC(CC(=O)O)c1ccnc(Nc2ccc(CNc3ccccn3)cc2)n1. The predicted molar refractivity (Wildman–Crippen MR) is 109 cm³/mol. The highest BCUT2D eigenvalue weighted by molar-refractivity contribution is 5.68. The van der Waals surface area contributed by atoms with Crippen LogP contribution >= 0.6 is 0 Å². The summed E-state index contributed by atoms with van der Waals surface area (Å²) in [6.07, 6.45) is 4.18. The molecule has 0 amide bonds. The van der Waals surface area contributed by atoms with Gasteiger partial charge < -0.3 is 15.7 Å². The summed E-state index contributed by atoms with van der Waals surface area (Å²) in [5, 5.41) is 15.5. The van der Waals surface area contributed by atoms with Crippen molar-refractivity contribution in [2.45, 2.75) is 32.2 Å². The Bertz CT molecular complexity index is 900. The maximum atomic E-state index is 11.0. The number of carboxylic acid groups (broad SMARTS) is 1. The molecule has 28 heavy (non-hydrogen) atoms. The van der Waals surface area contributed by atoms with E-state index in [1.807, 2.05) is 49.4 Å². The van der Waals surface area contributed by atoms with Crippen molar-refractivity contribution in [3.8, 4) is 0 Å². The maximum absolute atomic E-state index is 11.0. The van der Waals surface area contributed by atoms with Gasteiger partial charge in [-0.1, -0.05) is 25.1 Å². The van der Waals surface area contributed by atoms with E-state index in [1.165, 1.54) is 0 Å². The van der Waals surface area contributed by atoms with Gasteiger partial charge in [0.05, 0.1) is 6.42 Å². The first-order valence-electron chi connectivity index (χ1n) is 9.19. The van der Waals surface area contributed by atoms with Gasteiger partial charge in [0.15, 0.2) is 0 Å². The second-order valence-electron chi connectivity index (χ2n) is 6.40. The highest BCUT2D eigenvalue weighted by Crippen LogP contribution is 2.23. The number of aromatic nitrogens is 3. The first-order chi connectivity index (χ1) is 13.6. The van der Waals surface area contributed by atoms with Crippen LogP contribution in [0.1, 0.15) is 36.9 Å². The van der Waals surface area contributed by atoms with Gasteiger partial charge in [-0.15, -0.1) is 0 Å². The molecule has 3 aromatic rings. The van der Waals surface area contributed by atoms with E-state index in [2.05, 4.69) is 25.6 Å². The summed E-state index contributed by atoms with van der Waals surface area (Å²) in [6.45, 7) is 2.64. The van der Waals surface area contributed by atoms with Crippen LogP contribution < -0.4 is 10.6 Å². The van der Waals surface area contributed by atoms with Crippen LogP contribution in [0, 0.1) is 0 Å². The molecule has 7 nitrogen and oxygen atoms in total. The van der Waals surface area contributed by atoms with Gasteiger partial charge in [0.25, 0.3) is 0 Å². The Morgan fingerprint density at radius 2 is 1.89 bits per heavy atom. The minimum Gasteiger partial charge on any atom is -0.481 e. The van der Waals surface area contributed by atoms with Crippen LogP contribution in [0.4, 0.5) is 17.5 Å². The lowest BCUT2D eigenvalue weighted by molar-refractivity contribution is -0.137. The number of rotatable bonds is 9. The number of pyridine rings is 1. The summed E-state index contributed by atoms with van der Waals surface area (Å²) >= 11 is 0. The van der Waals surface area contributed by atoms with E-state index in [0.29, 0.717) is 18.9 Å². The number of anilines is 3. The maximum Gasteiger partial charge on any atom is 0.304 e. The van der Waals surface area contributed by atoms with Crippen molar-refractivity contribution in [1.29, 1.82) is 0 Å². The molecule has 0 aliphatic heterocycles. The number of hydrogen-bond donors (Lipinski definition) is 3. The monoisotopic (exact) mass is 377 g/mol. The summed E-state index contributed by atoms with van der Waals surface area (Å²) in [7, 11) is 0. The summed E-state index contributed by atoms with van der Waals surface area (Å²) in [5.74, 6) is 0.346. The summed E-state index contributed by atoms with van der Waals surface area (Å²) in [6, 6.07) is 15.5. The Labute approximate surface area is 163 Å². The van der Waals surface area contributed by atoms with Gasteiger partial charge >= 0.3 is 5.97 Å². The van der Waals surface area contributed by atoms with Crippen molar-refractivity contribution in [3.63, 3.8) is 0 Å². The molecule has 2 heterocycles. The molecule has 2 aromatic heterocycles. The second-order valence-corrected chi connectivity index (χ2v) is 6.40. The van der Waals surface area contributed by atoms with Crippen LogP contribution in [0.5, 0.6) is 0 Å². The lowest BCUT2D eigenvalue weighted by Gasteiger charge is -2.13. The first kappa shape index (κ1) is 19.3. The molecule has 0 radical (unpaired) electrons. The Morgan fingerprint density at radius 3 is 2.57 bits per heavy atom. The third-order valence-electron chi connectivity index (χ3n) is 4.36. The fourth-order valence-corrected chi connectivity index (χ4v) is 2.82. The summed E-state index contributed by atoms with van der Waals surface area (Å²) in [5.41, 5.74) is 2.72. The summed E-state index contributed by atoms with van der Waals surface area (Å²) < 4.78 is 0. The van der Waals surface area contributed by atoms with Crippen LogP contribution in [0.25, 0.3) is 0 Å². The molecule has 0 bridgehead atoms. The zero-order valence-corrected chi connectivity index (χ0v) is 15.7. The normalized spacial score (nSPS) is 11.6. The highest BCUT2D eigenvalue weighted by atomic mass is 16.4. The Hall–Kier alpha value is -3.48. The van der Waals surface area contributed by atoms with Crippen molar-refractivity contribution in [3.05, 3.63) is 72.2 Å². The molecule has 3 rings (SSSR count). The van der Waals surface area contributed by atoms with Gasteiger partial charge in [-0.2, -0.15) is 0 Å². The Morgan fingerprint density at radius 1 is 1.07 bits per heavy atom. The largest absolute Gasteiger partial charge is 0.481 e. The zero-order valence-electron chi connectivity index (χ0n) is 15.7. The molecule has 0 fully saturated rings. The van der Waals surface area contributed by atoms with Gasteiger partial charge in [-0.05, 0) is 42.3 Å².